The van der Waals surface area contributed by atoms with Gasteiger partial charge < -0.3 is 20.9 Å². The van der Waals surface area contributed by atoms with E-state index in [1.165, 1.54) is 16.8 Å². The number of hydrogen-bond donors (Lipinski definition) is 2. The van der Waals surface area contributed by atoms with Gasteiger partial charge in [0.25, 0.3) is 0 Å². The van der Waals surface area contributed by atoms with Crippen LogP contribution in [0.2, 0.25) is 0 Å². The van der Waals surface area contributed by atoms with Gasteiger partial charge in [-0.15, -0.1) is 0 Å². The molecular formula is C38H47F3N8O2. The number of anilines is 1. The van der Waals surface area contributed by atoms with Gasteiger partial charge in [0, 0.05) is 61.7 Å². The topological polar surface area (TPSA) is 122 Å². The van der Waals surface area contributed by atoms with E-state index < -0.39 is 18.1 Å². The van der Waals surface area contributed by atoms with Crippen molar-refractivity contribution in [2.75, 3.05) is 70.9 Å². The molecule has 4 aliphatic rings. The van der Waals surface area contributed by atoms with Crippen molar-refractivity contribution in [3.8, 4) is 0 Å². The van der Waals surface area contributed by atoms with Gasteiger partial charge in [0.2, 0.25) is 11.8 Å². The van der Waals surface area contributed by atoms with E-state index in [9.17, 15) is 22.8 Å². The molecule has 2 amide bonds. The predicted molar refractivity (Wildman–Crippen MR) is 194 cm³/mol. The second-order valence-corrected chi connectivity index (χ2v) is 14.3. The molecule has 0 saturated carbocycles. The number of nitrogens with two attached hydrogens (primary N) is 1. The monoisotopic (exact) mass is 704 g/mol. The highest BCUT2D eigenvalue weighted by molar-refractivity contribution is 6.05. The quantitative estimate of drug-likeness (QED) is 0.289. The van der Waals surface area contributed by atoms with Gasteiger partial charge in [-0.05, 0) is 87.5 Å². The number of nitrogens with zero attached hydrogens (tertiary/aromatic N) is 6. The Morgan fingerprint density at radius 3 is 2.43 bits per heavy atom. The predicted octanol–water partition coefficient (Wildman–Crippen LogP) is 4.75. The molecule has 2 aromatic rings. The van der Waals surface area contributed by atoms with Gasteiger partial charge in [0.15, 0.2) is 0 Å². The summed E-state index contributed by atoms with van der Waals surface area (Å²) in [5.74, 6) is 0.402. The zero-order valence-corrected chi connectivity index (χ0v) is 29.4. The third-order valence-electron chi connectivity index (χ3n) is 11.0. The van der Waals surface area contributed by atoms with Crippen molar-refractivity contribution in [3.63, 3.8) is 0 Å². The Labute approximate surface area is 297 Å². The second kappa shape index (κ2) is 15.1. The Hall–Kier alpha value is -4.36. The van der Waals surface area contributed by atoms with Gasteiger partial charge in [-0.1, -0.05) is 36.4 Å². The number of piperidine rings is 1. The van der Waals surface area contributed by atoms with Crippen LogP contribution in [0.3, 0.4) is 0 Å². The first-order valence-corrected chi connectivity index (χ1v) is 17.7. The Kier molecular flexibility index (Phi) is 10.8. The van der Waals surface area contributed by atoms with Crippen LogP contribution in [0, 0.1) is 23.7 Å². The van der Waals surface area contributed by atoms with Crippen LogP contribution in [0.25, 0.3) is 5.57 Å². The Morgan fingerprint density at radius 1 is 1.04 bits per heavy atom. The average Bonchev–Trinajstić information content (AvgIpc) is 3.68. The molecule has 1 atom stereocenters. The average molecular weight is 705 g/mol. The molecule has 0 aromatic heterocycles. The normalized spacial score (nSPS) is 22.8. The molecule has 0 unspecified atom stereocenters. The Bertz CT molecular complexity index is 1730. The minimum Gasteiger partial charge on any atom is -0.383 e. The van der Waals surface area contributed by atoms with E-state index in [1.807, 2.05) is 59.2 Å². The van der Waals surface area contributed by atoms with Gasteiger partial charge in [-0.2, -0.15) is 13.2 Å². The SMILES string of the molecule is CN=CN=C(N)c1ccc(C2=CCN(C(=O)CN3CC[C@]4(CCN(c5ccc(C)c(C(=N)C6CCN(CC(F)(F)F)CC6)c5)C4=O)C3)CC2)cc1. The van der Waals surface area contributed by atoms with Crippen LogP contribution in [0.4, 0.5) is 18.9 Å². The molecule has 3 saturated heterocycles. The number of likely N-dealkylation sites (tertiary alicyclic amines) is 2. The smallest absolute Gasteiger partial charge is 0.383 e. The van der Waals surface area contributed by atoms with E-state index in [1.54, 1.807) is 7.05 Å². The molecule has 10 nitrogen and oxygen atoms in total. The number of carbonyl (C=O) groups excluding carboxylic acids is 2. The maximum absolute atomic E-state index is 14.0. The molecule has 0 radical (unpaired) electrons. The zero-order chi connectivity index (χ0) is 36.3. The molecule has 272 valence electrons. The lowest BCUT2D eigenvalue weighted by Crippen LogP contribution is -2.43. The fraction of sp³-hybridized carbons (Fsp3) is 0.500. The highest BCUT2D eigenvalue weighted by Crippen LogP contribution is 2.43. The highest BCUT2D eigenvalue weighted by atomic mass is 19.4. The fourth-order valence-corrected chi connectivity index (χ4v) is 7.96. The van der Waals surface area contributed by atoms with Crippen molar-refractivity contribution in [1.29, 1.82) is 5.41 Å². The van der Waals surface area contributed by atoms with Crippen molar-refractivity contribution >= 4 is 41.0 Å². The molecule has 2 aromatic carbocycles. The summed E-state index contributed by atoms with van der Waals surface area (Å²) in [4.78, 5) is 42.5. The van der Waals surface area contributed by atoms with Crippen LogP contribution in [0.15, 0.2) is 58.5 Å². The Balaban J connectivity index is 1.02. The summed E-state index contributed by atoms with van der Waals surface area (Å²) in [5, 5.41) is 8.96. The maximum atomic E-state index is 14.0. The van der Waals surface area contributed by atoms with Gasteiger partial charge >= 0.3 is 6.18 Å². The van der Waals surface area contributed by atoms with Crippen molar-refractivity contribution in [2.24, 2.45) is 27.1 Å². The number of benzene rings is 2. The number of alkyl halides is 3. The lowest BCUT2D eigenvalue weighted by atomic mass is 9.85. The number of carbonyl (C=O) groups is 2. The second-order valence-electron chi connectivity index (χ2n) is 14.3. The standard InChI is InChI=1S/C38H47F3N8O2/c1-26-3-8-31(21-32(26)34(42)29-9-15-46(16-10-29)24-38(39,40)41)49-20-14-37(36(49)51)13-19-47(23-37)22-33(50)48-17-11-28(12-18-48)27-4-6-30(7-5-27)35(43)45-25-44-2/h3-8,11,21,25,29,42H,9-10,12-20,22-24H2,1-2H3,(H2,43,44,45)/t37-/m0/s1. The minimum absolute atomic E-state index is 0.0577. The lowest BCUT2D eigenvalue weighted by Gasteiger charge is -2.33. The number of rotatable bonds is 9. The first-order valence-electron chi connectivity index (χ1n) is 17.7. The third kappa shape index (κ3) is 8.25. The lowest BCUT2D eigenvalue weighted by molar-refractivity contribution is -0.148. The van der Waals surface area contributed by atoms with Crippen molar-refractivity contribution in [3.05, 3.63) is 70.8 Å². The number of amides is 2. The van der Waals surface area contributed by atoms with Crippen LogP contribution < -0.4 is 10.6 Å². The van der Waals surface area contributed by atoms with E-state index in [0.717, 1.165) is 34.4 Å². The molecule has 0 bridgehead atoms. The minimum atomic E-state index is -4.22. The first-order chi connectivity index (χ1) is 24.4. The van der Waals surface area contributed by atoms with Crippen molar-refractivity contribution in [1.82, 2.24) is 14.7 Å². The van der Waals surface area contributed by atoms with Crippen molar-refractivity contribution < 1.29 is 22.8 Å². The van der Waals surface area contributed by atoms with Crippen LogP contribution in [-0.2, 0) is 9.59 Å². The summed E-state index contributed by atoms with van der Waals surface area (Å²) in [6.07, 6.45) is 2.45. The number of amidine groups is 1. The molecule has 3 fully saturated rings. The molecule has 51 heavy (non-hydrogen) atoms. The molecule has 1 spiro atoms. The molecular weight excluding hydrogens is 657 g/mol. The zero-order valence-electron chi connectivity index (χ0n) is 29.4. The van der Waals surface area contributed by atoms with Gasteiger partial charge in [-0.3, -0.25) is 24.4 Å². The summed E-state index contributed by atoms with van der Waals surface area (Å²) in [7, 11) is 1.64. The van der Waals surface area contributed by atoms with Crippen molar-refractivity contribution in [2.45, 2.75) is 45.2 Å². The summed E-state index contributed by atoms with van der Waals surface area (Å²) in [5.41, 5.74) is 11.4. The highest BCUT2D eigenvalue weighted by Gasteiger charge is 2.51. The maximum Gasteiger partial charge on any atom is 0.401 e. The molecule has 4 aliphatic heterocycles. The van der Waals surface area contributed by atoms with E-state index in [0.29, 0.717) is 83.0 Å². The van der Waals surface area contributed by atoms with Crippen LogP contribution in [0.1, 0.15) is 54.4 Å². The Morgan fingerprint density at radius 2 is 1.76 bits per heavy atom. The number of hydrogen-bond acceptors (Lipinski definition) is 6. The molecule has 4 heterocycles. The van der Waals surface area contributed by atoms with E-state index in [4.69, 9.17) is 11.1 Å². The van der Waals surface area contributed by atoms with E-state index in [2.05, 4.69) is 21.0 Å². The van der Waals surface area contributed by atoms with E-state index >= 15 is 0 Å². The number of halogens is 3. The fourth-order valence-electron chi connectivity index (χ4n) is 7.96. The first kappa shape index (κ1) is 36.4. The third-order valence-corrected chi connectivity index (χ3v) is 11.0. The number of nitrogens with one attached hydrogen (secondary N) is 1. The van der Waals surface area contributed by atoms with Gasteiger partial charge in [0.05, 0.1) is 18.5 Å². The number of aliphatic imine (C=N–C) groups is 2. The van der Waals surface area contributed by atoms with Gasteiger partial charge in [0.1, 0.15) is 12.2 Å². The molecule has 0 aliphatic carbocycles. The molecule has 6 rings (SSSR count). The number of aryl methyl sites for hydroxylation is 1. The summed E-state index contributed by atoms with van der Waals surface area (Å²) in [6, 6.07) is 13.7. The summed E-state index contributed by atoms with van der Waals surface area (Å²) < 4.78 is 38.6. The largest absolute Gasteiger partial charge is 0.401 e. The van der Waals surface area contributed by atoms with Crippen LogP contribution in [0.5, 0.6) is 0 Å². The molecule has 13 heteroatoms. The van der Waals surface area contributed by atoms with Crippen LogP contribution >= 0.6 is 0 Å². The van der Waals surface area contributed by atoms with Gasteiger partial charge in [-0.25, -0.2) is 4.99 Å². The summed E-state index contributed by atoms with van der Waals surface area (Å²) >= 11 is 0. The summed E-state index contributed by atoms with van der Waals surface area (Å²) in [6.45, 7) is 4.87. The van der Waals surface area contributed by atoms with Crippen LogP contribution in [-0.4, -0.2) is 117 Å². The van der Waals surface area contributed by atoms with E-state index in [-0.39, 0.29) is 24.3 Å². The molecule has 3 N–H and O–H groups in total.